The summed E-state index contributed by atoms with van der Waals surface area (Å²) in [6, 6.07) is 7.79. The van der Waals surface area contributed by atoms with E-state index in [0.29, 0.717) is 6.54 Å². The Kier molecular flexibility index (Phi) is 3.71. The van der Waals surface area contributed by atoms with E-state index >= 15 is 0 Å². The van der Waals surface area contributed by atoms with Gasteiger partial charge in [-0.1, -0.05) is 28.1 Å². The number of benzene rings is 1. The van der Waals surface area contributed by atoms with Gasteiger partial charge in [-0.3, -0.25) is 4.90 Å². The maximum absolute atomic E-state index is 11.3. The number of H-pyrrole nitrogens is 1. The van der Waals surface area contributed by atoms with E-state index in [1.54, 1.807) is 0 Å². The highest BCUT2D eigenvalue weighted by Crippen LogP contribution is 2.32. The molecular formula is C15H16BrN3O2. The average Bonchev–Trinajstić information content (AvgIpc) is 3.06. The van der Waals surface area contributed by atoms with Crippen LogP contribution in [0.5, 0.6) is 0 Å². The lowest BCUT2D eigenvalue weighted by Gasteiger charge is -2.19. The second kappa shape index (κ2) is 5.52. The molecule has 1 atom stereocenters. The zero-order valence-corrected chi connectivity index (χ0v) is 13.2. The van der Waals surface area contributed by atoms with Crippen LogP contribution in [0.15, 0.2) is 28.7 Å². The number of aryl methyl sites for hydroxylation is 1. The van der Waals surface area contributed by atoms with Crippen molar-refractivity contribution in [2.75, 3.05) is 6.54 Å². The van der Waals surface area contributed by atoms with Crippen LogP contribution in [0.3, 0.4) is 0 Å². The molecule has 6 heteroatoms. The molecule has 0 radical (unpaired) electrons. The van der Waals surface area contributed by atoms with Gasteiger partial charge in [-0.25, -0.2) is 9.78 Å². The smallest absolute Gasteiger partial charge is 0.407 e. The largest absolute Gasteiger partial charge is 0.465 e. The number of carbonyl (C=O) groups is 1. The van der Waals surface area contributed by atoms with E-state index in [-0.39, 0.29) is 6.04 Å². The third-order valence-electron chi connectivity index (χ3n) is 3.83. The standard InChI is InChI=1S/C15H16BrN3O2/c1-9-13(10-4-6-11(16)7-5-10)18-14(17-9)12-3-2-8-19(12)15(20)21/h4-7,12H,2-3,8H2,1H3,(H,17,18)(H,20,21). The van der Waals surface area contributed by atoms with E-state index in [2.05, 4.69) is 25.9 Å². The summed E-state index contributed by atoms with van der Waals surface area (Å²) >= 11 is 3.42. The number of hydrogen-bond acceptors (Lipinski definition) is 2. The number of imidazole rings is 1. The number of hydrogen-bond donors (Lipinski definition) is 2. The minimum atomic E-state index is -0.878. The van der Waals surface area contributed by atoms with Gasteiger partial charge in [0.25, 0.3) is 0 Å². The Morgan fingerprint density at radius 1 is 1.43 bits per heavy atom. The van der Waals surface area contributed by atoms with Gasteiger partial charge in [-0.05, 0) is 31.9 Å². The molecule has 1 fully saturated rings. The van der Waals surface area contributed by atoms with Gasteiger partial charge in [0.15, 0.2) is 0 Å². The van der Waals surface area contributed by atoms with Crippen LogP contribution in [-0.2, 0) is 0 Å². The minimum Gasteiger partial charge on any atom is -0.465 e. The predicted octanol–water partition coefficient (Wildman–Crippen LogP) is 3.96. The van der Waals surface area contributed by atoms with Crippen LogP contribution in [0.25, 0.3) is 11.3 Å². The molecule has 1 aromatic heterocycles. The molecule has 2 aromatic rings. The van der Waals surface area contributed by atoms with Crippen molar-refractivity contribution in [1.29, 1.82) is 0 Å². The molecule has 2 N–H and O–H groups in total. The molecule has 1 aliphatic rings. The lowest BCUT2D eigenvalue weighted by atomic mass is 10.1. The first-order valence-corrected chi connectivity index (χ1v) is 7.67. The maximum Gasteiger partial charge on any atom is 0.407 e. The predicted molar refractivity (Wildman–Crippen MR) is 83.2 cm³/mol. The summed E-state index contributed by atoms with van der Waals surface area (Å²) < 4.78 is 1.02. The van der Waals surface area contributed by atoms with E-state index < -0.39 is 6.09 Å². The van der Waals surface area contributed by atoms with Gasteiger partial charge in [-0.15, -0.1) is 0 Å². The highest BCUT2D eigenvalue weighted by Gasteiger charge is 2.32. The Morgan fingerprint density at radius 3 is 2.81 bits per heavy atom. The number of likely N-dealkylation sites (tertiary alicyclic amines) is 1. The fourth-order valence-corrected chi connectivity index (χ4v) is 3.07. The van der Waals surface area contributed by atoms with Crippen molar-refractivity contribution in [2.45, 2.75) is 25.8 Å². The Labute approximate surface area is 131 Å². The number of amides is 1. The number of rotatable bonds is 2. The highest BCUT2D eigenvalue weighted by molar-refractivity contribution is 9.10. The second-order valence-corrected chi connectivity index (χ2v) is 6.15. The van der Waals surface area contributed by atoms with Gasteiger partial charge >= 0.3 is 6.09 Å². The van der Waals surface area contributed by atoms with E-state index in [4.69, 9.17) is 0 Å². The fourth-order valence-electron chi connectivity index (χ4n) is 2.81. The molecule has 1 unspecified atom stereocenters. The number of halogens is 1. The first-order chi connectivity index (χ1) is 10.1. The lowest BCUT2D eigenvalue weighted by Crippen LogP contribution is -2.29. The number of nitrogens with one attached hydrogen (secondary N) is 1. The first-order valence-electron chi connectivity index (χ1n) is 6.88. The van der Waals surface area contributed by atoms with E-state index in [9.17, 15) is 9.90 Å². The number of nitrogens with zero attached hydrogens (tertiary/aromatic N) is 2. The molecular weight excluding hydrogens is 334 g/mol. The number of carboxylic acid groups (broad SMARTS) is 1. The van der Waals surface area contributed by atoms with E-state index in [1.807, 2.05) is 31.2 Å². The van der Waals surface area contributed by atoms with Gasteiger partial charge in [0.05, 0.1) is 11.7 Å². The Bertz CT molecular complexity index is 666. The molecule has 21 heavy (non-hydrogen) atoms. The molecule has 110 valence electrons. The Morgan fingerprint density at radius 2 is 2.14 bits per heavy atom. The molecule has 3 rings (SSSR count). The summed E-state index contributed by atoms with van der Waals surface area (Å²) in [5, 5.41) is 9.25. The van der Waals surface area contributed by atoms with Gasteiger partial charge in [0, 0.05) is 22.3 Å². The zero-order chi connectivity index (χ0) is 15.0. The summed E-state index contributed by atoms with van der Waals surface area (Å²) in [5.41, 5.74) is 2.87. The first kappa shape index (κ1) is 14.1. The van der Waals surface area contributed by atoms with Crippen LogP contribution in [0, 0.1) is 6.92 Å². The van der Waals surface area contributed by atoms with Crippen molar-refractivity contribution >= 4 is 22.0 Å². The normalized spacial score (nSPS) is 18.2. The molecule has 0 bridgehead atoms. The minimum absolute atomic E-state index is 0.162. The van der Waals surface area contributed by atoms with Crippen LogP contribution in [0.2, 0.25) is 0 Å². The molecule has 5 nitrogen and oxygen atoms in total. The summed E-state index contributed by atoms with van der Waals surface area (Å²) in [6.45, 7) is 2.54. The van der Waals surface area contributed by atoms with Crippen molar-refractivity contribution in [2.24, 2.45) is 0 Å². The van der Waals surface area contributed by atoms with Gasteiger partial charge in [-0.2, -0.15) is 0 Å². The topological polar surface area (TPSA) is 69.2 Å². The van der Waals surface area contributed by atoms with Crippen LogP contribution >= 0.6 is 15.9 Å². The molecule has 0 saturated carbocycles. The van der Waals surface area contributed by atoms with Crippen molar-refractivity contribution in [3.05, 3.63) is 40.3 Å². The van der Waals surface area contributed by atoms with Crippen molar-refractivity contribution in [3.8, 4) is 11.3 Å². The van der Waals surface area contributed by atoms with Crippen LogP contribution in [0.1, 0.15) is 30.4 Å². The molecule has 2 heterocycles. The monoisotopic (exact) mass is 349 g/mol. The van der Waals surface area contributed by atoms with Crippen molar-refractivity contribution in [3.63, 3.8) is 0 Å². The van der Waals surface area contributed by atoms with E-state index in [1.165, 1.54) is 4.90 Å². The van der Waals surface area contributed by atoms with Crippen molar-refractivity contribution in [1.82, 2.24) is 14.9 Å². The molecule has 1 aliphatic heterocycles. The molecule has 1 aromatic carbocycles. The molecule has 0 spiro atoms. The van der Waals surface area contributed by atoms with Gasteiger partial charge in [0.1, 0.15) is 5.82 Å². The number of aromatic nitrogens is 2. The molecule has 1 amide bonds. The average molecular weight is 350 g/mol. The van der Waals surface area contributed by atoms with Crippen LogP contribution < -0.4 is 0 Å². The van der Waals surface area contributed by atoms with Gasteiger partial charge < -0.3 is 10.1 Å². The Balaban J connectivity index is 1.94. The van der Waals surface area contributed by atoms with Gasteiger partial charge in [0.2, 0.25) is 0 Å². The lowest BCUT2D eigenvalue weighted by molar-refractivity contribution is 0.139. The summed E-state index contributed by atoms with van der Waals surface area (Å²) in [6.07, 6.45) is 0.820. The van der Waals surface area contributed by atoms with Crippen LogP contribution in [0.4, 0.5) is 4.79 Å². The molecule has 1 saturated heterocycles. The second-order valence-electron chi connectivity index (χ2n) is 5.24. The third kappa shape index (κ3) is 2.68. The quantitative estimate of drug-likeness (QED) is 0.861. The fraction of sp³-hybridized carbons (Fsp3) is 0.333. The van der Waals surface area contributed by atoms with Crippen LogP contribution in [-0.4, -0.2) is 32.6 Å². The SMILES string of the molecule is Cc1[nH]c(C2CCCN2C(=O)O)nc1-c1ccc(Br)cc1. The summed E-state index contributed by atoms with van der Waals surface area (Å²) in [5.74, 6) is 0.741. The zero-order valence-electron chi connectivity index (χ0n) is 11.6. The van der Waals surface area contributed by atoms with E-state index in [0.717, 1.165) is 40.1 Å². The summed E-state index contributed by atoms with van der Waals surface area (Å²) in [7, 11) is 0. The van der Waals surface area contributed by atoms with Crippen molar-refractivity contribution < 1.29 is 9.90 Å². The Hall–Kier alpha value is -1.82. The molecule has 0 aliphatic carbocycles. The highest BCUT2D eigenvalue weighted by atomic mass is 79.9. The third-order valence-corrected chi connectivity index (χ3v) is 4.36. The number of aromatic amines is 1. The maximum atomic E-state index is 11.3. The summed E-state index contributed by atoms with van der Waals surface area (Å²) in [4.78, 5) is 20.6.